The molecule has 1 aromatic rings. The van der Waals surface area contributed by atoms with Crippen molar-refractivity contribution in [1.29, 1.82) is 0 Å². The summed E-state index contributed by atoms with van der Waals surface area (Å²) in [6.07, 6.45) is 1.50. The molecule has 1 aliphatic rings. The summed E-state index contributed by atoms with van der Waals surface area (Å²) in [5.41, 5.74) is 10.1. The highest BCUT2D eigenvalue weighted by Crippen LogP contribution is 2.29. The number of ether oxygens (including phenoxy) is 1. The van der Waals surface area contributed by atoms with Crippen LogP contribution in [0.25, 0.3) is 0 Å². The highest BCUT2D eigenvalue weighted by atomic mass is 16.5. The lowest BCUT2D eigenvalue weighted by Crippen LogP contribution is -2.47. The molecule has 0 aromatic heterocycles. The molecule has 1 aliphatic heterocycles. The topological polar surface area (TPSA) is 38.5 Å². The second-order valence-corrected chi connectivity index (χ2v) is 6.15. The van der Waals surface area contributed by atoms with Crippen molar-refractivity contribution in [2.75, 3.05) is 26.7 Å². The normalized spacial score (nSPS) is 25.6. The van der Waals surface area contributed by atoms with Gasteiger partial charge in [-0.3, -0.25) is 4.90 Å². The molecule has 3 atom stereocenters. The van der Waals surface area contributed by atoms with Gasteiger partial charge in [0.25, 0.3) is 0 Å². The first-order valence-corrected chi connectivity index (χ1v) is 7.60. The SMILES string of the molecule is COC1CN(C(CN)c2ccc(C)cc2C)CCC1C. The van der Waals surface area contributed by atoms with Gasteiger partial charge in [-0.1, -0.05) is 30.7 Å². The van der Waals surface area contributed by atoms with Crippen LogP contribution in [0.3, 0.4) is 0 Å². The molecule has 112 valence electrons. The molecule has 3 unspecified atom stereocenters. The maximum absolute atomic E-state index is 6.08. The number of aryl methyl sites for hydroxylation is 2. The maximum atomic E-state index is 6.08. The van der Waals surface area contributed by atoms with E-state index >= 15 is 0 Å². The molecule has 3 heteroatoms. The number of likely N-dealkylation sites (tertiary alicyclic amines) is 1. The summed E-state index contributed by atoms with van der Waals surface area (Å²) in [6, 6.07) is 6.98. The third-order valence-electron chi connectivity index (χ3n) is 4.67. The molecular weight excluding hydrogens is 248 g/mol. The minimum atomic E-state index is 0.306. The Morgan fingerprint density at radius 1 is 1.40 bits per heavy atom. The highest BCUT2D eigenvalue weighted by molar-refractivity contribution is 5.33. The van der Waals surface area contributed by atoms with Gasteiger partial charge in [0.1, 0.15) is 0 Å². The van der Waals surface area contributed by atoms with Crippen LogP contribution < -0.4 is 5.73 Å². The van der Waals surface area contributed by atoms with Crippen molar-refractivity contribution >= 4 is 0 Å². The molecule has 0 saturated carbocycles. The van der Waals surface area contributed by atoms with Gasteiger partial charge in [0, 0.05) is 26.2 Å². The number of benzene rings is 1. The number of piperidine rings is 1. The van der Waals surface area contributed by atoms with E-state index in [0.717, 1.165) is 13.1 Å². The Morgan fingerprint density at radius 2 is 2.15 bits per heavy atom. The van der Waals surface area contributed by atoms with Crippen LogP contribution in [0.1, 0.15) is 36.1 Å². The number of hydrogen-bond donors (Lipinski definition) is 1. The summed E-state index contributed by atoms with van der Waals surface area (Å²) in [7, 11) is 1.82. The summed E-state index contributed by atoms with van der Waals surface area (Å²) >= 11 is 0. The fourth-order valence-electron chi connectivity index (χ4n) is 3.32. The predicted molar refractivity (Wildman–Crippen MR) is 83.9 cm³/mol. The molecule has 1 heterocycles. The largest absolute Gasteiger partial charge is 0.380 e. The Morgan fingerprint density at radius 3 is 2.75 bits per heavy atom. The first-order valence-electron chi connectivity index (χ1n) is 7.60. The number of hydrogen-bond acceptors (Lipinski definition) is 3. The Kier molecular flexibility index (Phi) is 5.19. The lowest BCUT2D eigenvalue weighted by atomic mass is 9.91. The van der Waals surface area contributed by atoms with Gasteiger partial charge < -0.3 is 10.5 Å². The van der Waals surface area contributed by atoms with Crippen molar-refractivity contribution in [2.45, 2.75) is 39.3 Å². The third-order valence-corrected chi connectivity index (χ3v) is 4.67. The molecular formula is C17H28N2O. The van der Waals surface area contributed by atoms with Crippen LogP contribution in [0.15, 0.2) is 18.2 Å². The summed E-state index contributed by atoms with van der Waals surface area (Å²) < 4.78 is 5.63. The molecule has 0 radical (unpaired) electrons. The Hall–Kier alpha value is -0.900. The van der Waals surface area contributed by atoms with E-state index in [2.05, 4.69) is 43.9 Å². The van der Waals surface area contributed by atoms with Crippen molar-refractivity contribution in [2.24, 2.45) is 11.7 Å². The van der Waals surface area contributed by atoms with Crippen LogP contribution in [0.2, 0.25) is 0 Å². The van der Waals surface area contributed by atoms with Crippen molar-refractivity contribution in [3.63, 3.8) is 0 Å². The highest BCUT2D eigenvalue weighted by Gasteiger charge is 2.30. The van der Waals surface area contributed by atoms with Crippen LogP contribution in [0.5, 0.6) is 0 Å². The fourth-order valence-corrected chi connectivity index (χ4v) is 3.32. The molecule has 2 N–H and O–H groups in total. The van der Waals surface area contributed by atoms with Gasteiger partial charge in [-0.15, -0.1) is 0 Å². The van der Waals surface area contributed by atoms with Crippen molar-refractivity contribution in [1.82, 2.24) is 4.90 Å². The molecule has 0 bridgehead atoms. The second kappa shape index (κ2) is 6.70. The first kappa shape index (κ1) is 15.5. The lowest BCUT2D eigenvalue weighted by molar-refractivity contribution is -0.0184. The van der Waals surface area contributed by atoms with Crippen LogP contribution in [-0.4, -0.2) is 37.7 Å². The van der Waals surface area contributed by atoms with Crippen molar-refractivity contribution < 1.29 is 4.74 Å². The Balaban J connectivity index is 2.19. The third kappa shape index (κ3) is 3.22. The number of nitrogens with zero attached hydrogens (tertiary/aromatic N) is 1. The van der Waals surface area contributed by atoms with E-state index in [1.165, 1.54) is 23.1 Å². The average Bonchev–Trinajstić information content (AvgIpc) is 2.43. The Labute approximate surface area is 123 Å². The van der Waals surface area contributed by atoms with Gasteiger partial charge in [-0.2, -0.15) is 0 Å². The fraction of sp³-hybridized carbons (Fsp3) is 0.647. The summed E-state index contributed by atoms with van der Waals surface area (Å²) in [5.74, 6) is 0.633. The zero-order valence-electron chi connectivity index (χ0n) is 13.2. The molecule has 0 spiro atoms. The van der Waals surface area contributed by atoms with Gasteiger partial charge in [0.05, 0.1) is 6.10 Å². The molecule has 2 rings (SSSR count). The zero-order chi connectivity index (χ0) is 14.7. The number of rotatable bonds is 4. The lowest BCUT2D eigenvalue weighted by Gasteiger charge is -2.41. The quantitative estimate of drug-likeness (QED) is 0.919. The summed E-state index contributed by atoms with van der Waals surface area (Å²) in [4.78, 5) is 2.49. The van der Waals surface area contributed by atoms with Gasteiger partial charge in [0.2, 0.25) is 0 Å². The van der Waals surface area contributed by atoms with E-state index in [4.69, 9.17) is 10.5 Å². The first-order chi connectivity index (χ1) is 9.56. The summed E-state index contributed by atoms with van der Waals surface area (Å²) in [5, 5.41) is 0. The zero-order valence-corrected chi connectivity index (χ0v) is 13.2. The number of methoxy groups -OCH3 is 1. The van der Waals surface area contributed by atoms with Crippen LogP contribution >= 0.6 is 0 Å². The molecule has 20 heavy (non-hydrogen) atoms. The molecule has 1 fully saturated rings. The van der Waals surface area contributed by atoms with E-state index in [1.807, 2.05) is 7.11 Å². The second-order valence-electron chi connectivity index (χ2n) is 6.15. The molecule has 0 aliphatic carbocycles. The van der Waals surface area contributed by atoms with Crippen molar-refractivity contribution in [3.8, 4) is 0 Å². The van der Waals surface area contributed by atoms with Crippen molar-refractivity contribution in [3.05, 3.63) is 34.9 Å². The maximum Gasteiger partial charge on any atom is 0.0724 e. The standard InChI is InChI=1S/C17H28N2O/c1-12-5-6-15(14(3)9-12)16(10-18)19-8-7-13(2)17(11-19)20-4/h5-6,9,13,16-17H,7-8,10-11,18H2,1-4H3. The monoisotopic (exact) mass is 276 g/mol. The van der Waals surface area contributed by atoms with E-state index in [1.54, 1.807) is 0 Å². The van der Waals surface area contributed by atoms with Gasteiger partial charge in [-0.25, -0.2) is 0 Å². The molecule has 3 nitrogen and oxygen atoms in total. The minimum Gasteiger partial charge on any atom is -0.380 e. The smallest absolute Gasteiger partial charge is 0.0724 e. The molecule has 1 saturated heterocycles. The average molecular weight is 276 g/mol. The van der Waals surface area contributed by atoms with Crippen LogP contribution in [0, 0.1) is 19.8 Å². The molecule has 0 amide bonds. The van der Waals surface area contributed by atoms with E-state index in [9.17, 15) is 0 Å². The van der Waals surface area contributed by atoms with Gasteiger partial charge in [-0.05, 0) is 43.9 Å². The molecule has 1 aromatic carbocycles. The van der Waals surface area contributed by atoms with Gasteiger partial charge >= 0.3 is 0 Å². The Bertz CT molecular complexity index is 447. The van der Waals surface area contributed by atoms with E-state index in [0.29, 0.717) is 24.6 Å². The summed E-state index contributed by atoms with van der Waals surface area (Å²) in [6.45, 7) is 9.35. The van der Waals surface area contributed by atoms with E-state index < -0.39 is 0 Å². The minimum absolute atomic E-state index is 0.306. The van der Waals surface area contributed by atoms with Crippen LogP contribution in [-0.2, 0) is 4.74 Å². The predicted octanol–water partition coefficient (Wildman–Crippen LogP) is 2.66. The number of nitrogens with two attached hydrogens (primary N) is 1. The van der Waals surface area contributed by atoms with E-state index in [-0.39, 0.29) is 0 Å². The van der Waals surface area contributed by atoms with Gasteiger partial charge in [0.15, 0.2) is 0 Å². The van der Waals surface area contributed by atoms with Crippen LogP contribution in [0.4, 0.5) is 0 Å².